The molecule has 0 aromatic heterocycles. The van der Waals surface area contributed by atoms with E-state index in [1.165, 1.54) is 21.8 Å². The molecule has 0 aliphatic heterocycles. The first-order chi connectivity index (χ1) is 8.70. The van der Waals surface area contributed by atoms with E-state index in [2.05, 4.69) is 44.2 Å². The Morgan fingerprint density at radius 2 is 2.22 bits per heavy atom. The number of rotatable bonds is 1. The highest BCUT2D eigenvalue weighted by Gasteiger charge is 2.17. The first-order valence-corrected chi connectivity index (χ1v) is 9.15. The molecule has 0 bridgehead atoms. The maximum Gasteiger partial charge on any atom is 0.141 e. The Labute approximate surface area is 124 Å². The van der Waals surface area contributed by atoms with Crippen LogP contribution in [0.1, 0.15) is 35.6 Å². The van der Waals surface area contributed by atoms with Crippen LogP contribution >= 0.6 is 30.1 Å². The summed E-state index contributed by atoms with van der Waals surface area (Å²) in [6.07, 6.45) is 1.73. The van der Waals surface area contributed by atoms with Crippen molar-refractivity contribution in [3.63, 3.8) is 0 Å². The summed E-state index contributed by atoms with van der Waals surface area (Å²) in [5, 5.41) is 12.8. The quantitative estimate of drug-likeness (QED) is 0.601. The molecular formula is C15H13IOS. The molecule has 1 aromatic rings. The van der Waals surface area contributed by atoms with Crippen molar-refractivity contribution in [2.45, 2.75) is 25.9 Å². The maximum absolute atomic E-state index is 10.0. The molecule has 1 atom stereocenters. The van der Waals surface area contributed by atoms with Gasteiger partial charge in [0.25, 0.3) is 0 Å². The highest BCUT2D eigenvalue weighted by molar-refractivity contribution is 14.2. The number of hydrogen-bond acceptors (Lipinski definition) is 2. The fraction of sp³-hybridized carbons (Fsp3) is 0.333. The third-order valence-electron chi connectivity index (χ3n) is 2.81. The lowest BCUT2D eigenvalue weighted by Crippen LogP contribution is -1.97. The van der Waals surface area contributed by atoms with E-state index >= 15 is 0 Å². The molecule has 1 N–H and O–H groups in total. The van der Waals surface area contributed by atoms with Gasteiger partial charge in [0.05, 0.1) is 0 Å². The third kappa shape index (κ3) is 3.95. The molecule has 0 amide bonds. The van der Waals surface area contributed by atoms with Gasteiger partial charge < -0.3 is 5.11 Å². The summed E-state index contributed by atoms with van der Waals surface area (Å²) >= 11 is 2.09. The smallest absolute Gasteiger partial charge is 0.141 e. The van der Waals surface area contributed by atoms with Gasteiger partial charge in [-0.1, -0.05) is 23.8 Å². The lowest BCUT2D eigenvalue weighted by Gasteiger charge is -2.08. The average Bonchev–Trinajstić information content (AvgIpc) is 3.19. The highest BCUT2D eigenvalue weighted by atomic mass is 127. The van der Waals surface area contributed by atoms with Crippen molar-refractivity contribution in [2.24, 2.45) is 5.92 Å². The van der Waals surface area contributed by atoms with E-state index in [-0.39, 0.29) is 0 Å². The molecule has 1 aromatic carbocycles. The summed E-state index contributed by atoms with van der Waals surface area (Å²) in [5.41, 5.74) is 2.87. The summed E-state index contributed by atoms with van der Waals surface area (Å²) < 4.78 is 0. The van der Waals surface area contributed by atoms with Crippen molar-refractivity contribution in [3.05, 3.63) is 34.9 Å². The van der Waals surface area contributed by atoms with Gasteiger partial charge in [-0.2, -0.15) is 0 Å². The highest BCUT2D eigenvalue weighted by Crippen LogP contribution is 2.27. The van der Waals surface area contributed by atoms with E-state index in [1.807, 2.05) is 25.1 Å². The molecule has 0 radical (unpaired) electrons. The first-order valence-electron chi connectivity index (χ1n) is 5.79. The summed E-state index contributed by atoms with van der Waals surface area (Å²) in [7, 11) is 1.38. The van der Waals surface area contributed by atoms with E-state index in [1.54, 1.807) is 0 Å². The standard InChI is InChI=1S/C15H13IOS/c1-11-2-3-13(7-6-12-4-5-12)10-14(11)15(17)8-9-18-16/h2-3,10,12,15,17H,4-5H2,1H3. The Kier molecular flexibility index (Phi) is 5.00. The van der Waals surface area contributed by atoms with Crippen LogP contribution in [0.25, 0.3) is 0 Å². The predicted molar refractivity (Wildman–Crippen MR) is 85.1 cm³/mol. The molecule has 1 saturated carbocycles. The van der Waals surface area contributed by atoms with Gasteiger partial charge in [-0.3, -0.25) is 0 Å². The van der Waals surface area contributed by atoms with Crippen LogP contribution in [0.3, 0.4) is 0 Å². The Morgan fingerprint density at radius 1 is 1.44 bits per heavy atom. The molecule has 1 unspecified atom stereocenters. The van der Waals surface area contributed by atoms with Gasteiger partial charge in [0.15, 0.2) is 0 Å². The van der Waals surface area contributed by atoms with Crippen LogP contribution in [0.5, 0.6) is 0 Å². The molecule has 18 heavy (non-hydrogen) atoms. The second-order valence-electron chi connectivity index (χ2n) is 4.34. The van der Waals surface area contributed by atoms with Crippen LogP contribution in [-0.4, -0.2) is 5.11 Å². The Balaban J connectivity index is 2.23. The summed E-state index contributed by atoms with van der Waals surface area (Å²) in [5.74, 6) is 9.80. The van der Waals surface area contributed by atoms with Crippen molar-refractivity contribution in [2.75, 3.05) is 0 Å². The van der Waals surface area contributed by atoms with E-state index in [9.17, 15) is 5.11 Å². The van der Waals surface area contributed by atoms with E-state index < -0.39 is 6.10 Å². The van der Waals surface area contributed by atoms with Crippen LogP contribution in [0.2, 0.25) is 0 Å². The van der Waals surface area contributed by atoms with Crippen molar-refractivity contribution >= 4 is 30.1 Å². The lowest BCUT2D eigenvalue weighted by atomic mass is 10.0. The van der Waals surface area contributed by atoms with Crippen LogP contribution in [0.4, 0.5) is 0 Å². The summed E-state index contributed by atoms with van der Waals surface area (Å²) in [4.78, 5) is 0. The number of aliphatic hydroxyl groups excluding tert-OH is 1. The Hall–Kier alpha value is -0.620. The van der Waals surface area contributed by atoms with Crippen LogP contribution in [0.15, 0.2) is 18.2 Å². The monoisotopic (exact) mass is 368 g/mol. The van der Waals surface area contributed by atoms with Gasteiger partial charge in [-0.15, -0.1) is 0 Å². The lowest BCUT2D eigenvalue weighted by molar-refractivity contribution is 0.237. The zero-order valence-electron chi connectivity index (χ0n) is 10.0. The maximum atomic E-state index is 10.0. The summed E-state index contributed by atoms with van der Waals surface area (Å²) in [6.45, 7) is 1.98. The van der Waals surface area contributed by atoms with Gasteiger partial charge in [0.2, 0.25) is 0 Å². The van der Waals surface area contributed by atoms with Gasteiger partial charge in [0, 0.05) is 32.7 Å². The largest absolute Gasteiger partial charge is 0.376 e. The van der Waals surface area contributed by atoms with Crippen molar-refractivity contribution < 1.29 is 5.11 Å². The molecule has 1 aliphatic carbocycles. The molecule has 1 fully saturated rings. The number of benzene rings is 1. The Morgan fingerprint density at radius 3 is 2.89 bits per heavy atom. The topological polar surface area (TPSA) is 20.2 Å². The molecule has 1 aliphatic rings. The van der Waals surface area contributed by atoms with Crippen molar-refractivity contribution in [3.8, 4) is 23.0 Å². The predicted octanol–water partition coefficient (Wildman–Crippen LogP) is 3.83. The van der Waals surface area contributed by atoms with E-state index in [0.717, 1.165) is 16.7 Å². The zero-order valence-corrected chi connectivity index (χ0v) is 13.0. The fourth-order valence-electron chi connectivity index (χ4n) is 1.58. The molecule has 0 saturated heterocycles. The fourth-order valence-corrected chi connectivity index (χ4v) is 2.12. The molecule has 3 heteroatoms. The zero-order chi connectivity index (χ0) is 13.0. The van der Waals surface area contributed by atoms with Crippen molar-refractivity contribution in [1.29, 1.82) is 0 Å². The van der Waals surface area contributed by atoms with Gasteiger partial charge >= 0.3 is 0 Å². The second-order valence-corrected chi connectivity index (χ2v) is 6.02. The minimum absolute atomic E-state index is 0.592. The van der Waals surface area contributed by atoms with Crippen LogP contribution < -0.4 is 0 Å². The number of aryl methyl sites for hydroxylation is 1. The molecule has 2 rings (SSSR count). The normalized spacial score (nSPS) is 15.1. The van der Waals surface area contributed by atoms with Crippen LogP contribution in [0, 0.1) is 35.9 Å². The van der Waals surface area contributed by atoms with E-state index in [4.69, 9.17) is 0 Å². The Bertz CT molecular complexity index is 555. The first kappa shape index (κ1) is 13.8. The third-order valence-corrected chi connectivity index (χ3v) is 3.66. The number of halogens is 1. The molecular weight excluding hydrogens is 355 g/mol. The average molecular weight is 368 g/mol. The molecule has 0 spiro atoms. The van der Waals surface area contributed by atoms with Gasteiger partial charge in [-0.05, 0) is 57.2 Å². The number of hydrogen-bond donors (Lipinski definition) is 1. The molecule has 0 heterocycles. The molecule has 92 valence electrons. The second kappa shape index (κ2) is 6.52. The molecule has 1 nitrogen and oxygen atoms in total. The minimum Gasteiger partial charge on any atom is -0.376 e. The van der Waals surface area contributed by atoms with Crippen LogP contribution in [-0.2, 0) is 0 Å². The number of aliphatic hydroxyl groups is 1. The minimum atomic E-state index is -0.727. The SMILES string of the molecule is Cc1ccc(C#CC2CC2)cc1C(O)C#CSI. The summed E-state index contributed by atoms with van der Waals surface area (Å²) in [6, 6.07) is 5.94. The van der Waals surface area contributed by atoms with Crippen molar-refractivity contribution in [1.82, 2.24) is 0 Å². The van der Waals surface area contributed by atoms with Gasteiger partial charge in [-0.25, -0.2) is 0 Å². The van der Waals surface area contributed by atoms with E-state index in [0.29, 0.717) is 5.92 Å². The van der Waals surface area contributed by atoms with Gasteiger partial charge in [0.1, 0.15) is 6.10 Å².